The molecular weight excluding hydrogens is 332 g/mol. The zero-order valence-electron chi connectivity index (χ0n) is 15.7. The number of likely N-dealkylation sites (N-methyl/N-ethyl adjacent to an activating group) is 1. The molecular formula is C19H28N4O3. The van der Waals surface area contributed by atoms with Gasteiger partial charge < -0.3 is 15.3 Å². The van der Waals surface area contributed by atoms with E-state index in [1.165, 1.54) is 23.2 Å². The maximum atomic E-state index is 11.9. The molecule has 0 spiro atoms. The van der Waals surface area contributed by atoms with Crippen LogP contribution in [0.3, 0.4) is 0 Å². The summed E-state index contributed by atoms with van der Waals surface area (Å²) in [7, 11) is 5.02. The minimum absolute atomic E-state index is 0.333. The average molecular weight is 360 g/mol. The van der Waals surface area contributed by atoms with Gasteiger partial charge in [-0.25, -0.2) is 4.79 Å². The molecule has 1 atom stereocenters. The van der Waals surface area contributed by atoms with Crippen molar-refractivity contribution < 1.29 is 5.11 Å². The lowest BCUT2D eigenvalue weighted by Crippen LogP contribution is -2.38. The number of aliphatic hydroxyl groups is 1. The topological polar surface area (TPSA) is 79.5 Å². The largest absolute Gasteiger partial charge is 0.392 e. The van der Waals surface area contributed by atoms with Crippen molar-refractivity contribution in [3.05, 3.63) is 62.8 Å². The molecule has 1 aromatic carbocycles. The van der Waals surface area contributed by atoms with E-state index in [1.807, 2.05) is 30.1 Å². The van der Waals surface area contributed by atoms with E-state index in [9.17, 15) is 14.7 Å². The fraction of sp³-hybridized carbons (Fsp3) is 0.474. The van der Waals surface area contributed by atoms with Gasteiger partial charge in [-0.3, -0.25) is 13.9 Å². The summed E-state index contributed by atoms with van der Waals surface area (Å²) in [5.41, 5.74) is 0.535. The number of aliphatic hydroxyl groups excluding tert-OH is 1. The van der Waals surface area contributed by atoms with Crippen LogP contribution in [0, 0.1) is 0 Å². The van der Waals surface area contributed by atoms with Crippen molar-refractivity contribution in [2.75, 3.05) is 32.0 Å². The third kappa shape index (κ3) is 5.57. The molecule has 0 saturated heterocycles. The quantitative estimate of drug-likeness (QED) is 0.678. The van der Waals surface area contributed by atoms with E-state index in [1.54, 1.807) is 7.05 Å². The van der Waals surface area contributed by atoms with Crippen LogP contribution >= 0.6 is 0 Å². The lowest BCUT2D eigenvalue weighted by Gasteiger charge is -2.21. The van der Waals surface area contributed by atoms with Gasteiger partial charge in [-0.1, -0.05) is 30.3 Å². The number of hydrogen-bond donors (Lipinski definition) is 2. The first-order chi connectivity index (χ1) is 12.4. The monoisotopic (exact) mass is 360 g/mol. The number of anilines is 1. The van der Waals surface area contributed by atoms with Gasteiger partial charge in [-0.2, -0.15) is 0 Å². The van der Waals surface area contributed by atoms with Crippen molar-refractivity contribution in [3.8, 4) is 0 Å². The molecule has 0 aliphatic rings. The average Bonchev–Trinajstić information content (AvgIpc) is 2.63. The van der Waals surface area contributed by atoms with Crippen LogP contribution in [0.15, 0.2) is 46.0 Å². The predicted molar refractivity (Wildman–Crippen MR) is 104 cm³/mol. The standard InChI is InChI=1S/C19H28N4O3/c1-21(14-16(24)10-9-15-7-5-4-6-8-15)12-11-20-17-13-18(25)23(3)19(26)22(17)2/h4-8,13,16,20,24H,9-12,14H2,1-3H3. The molecule has 2 rings (SSSR count). The summed E-state index contributed by atoms with van der Waals surface area (Å²) in [5.74, 6) is 0.496. The zero-order valence-corrected chi connectivity index (χ0v) is 15.7. The second-order valence-corrected chi connectivity index (χ2v) is 6.64. The van der Waals surface area contributed by atoms with Crippen molar-refractivity contribution in [2.24, 2.45) is 14.1 Å². The smallest absolute Gasteiger partial charge is 0.332 e. The van der Waals surface area contributed by atoms with Crippen LogP contribution in [-0.2, 0) is 20.5 Å². The maximum absolute atomic E-state index is 11.9. The Bertz CT molecular complexity index is 814. The van der Waals surface area contributed by atoms with Crippen molar-refractivity contribution in [1.82, 2.24) is 14.0 Å². The van der Waals surface area contributed by atoms with Gasteiger partial charge in [-0.15, -0.1) is 0 Å². The van der Waals surface area contributed by atoms with Gasteiger partial charge in [0.15, 0.2) is 0 Å². The highest BCUT2D eigenvalue weighted by Gasteiger charge is 2.09. The van der Waals surface area contributed by atoms with E-state index in [0.29, 0.717) is 31.9 Å². The van der Waals surface area contributed by atoms with Gasteiger partial charge in [-0.05, 0) is 25.5 Å². The van der Waals surface area contributed by atoms with Crippen LogP contribution in [0.25, 0.3) is 0 Å². The van der Waals surface area contributed by atoms with Crippen LogP contribution in [0.1, 0.15) is 12.0 Å². The minimum atomic E-state index is -0.395. The van der Waals surface area contributed by atoms with Crippen molar-refractivity contribution in [1.29, 1.82) is 0 Å². The molecule has 0 radical (unpaired) electrons. The van der Waals surface area contributed by atoms with E-state index in [4.69, 9.17) is 0 Å². The van der Waals surface area contributed by atoms with Crippen LogP contribution in [-0.4, -0.2) is 51.9 Å². The number of aromatic nitrogens is 2. The molecule has 0 amide bonds. The minimum Gasteiger partial charge on any atom is -0.392 e. The molecule has 0 fully saturated rings. The van der Waals surface area contributed by atoms with Crippen LogP contribution < -0.4 is 16.6 Å². The van der Waals surface area contributed by atoms with Crippen molar-refractivity contribution in [2.45, 2.75) is 18.9 Å². The molecule has 2 aromatic rings. The molecule has 0 bridgehead atoms. The Kier molecular flexibility index (Phi) is 7.17. The first-order valence-electron chi connectivity index (χ1n) is 8.80. The summed E-state index contributed by atoms with van der Waals surface area (Å²) in [6, 6.07) is 11.5. The fourth-order valence-corrected chi connectivity index (χ4v) is 2.80. The number of rotatable bonds is 9. The maximum Gasteiger partial charge on any atom is 0.332 e. The fourth-order valence-electron chi connectivity index (χ4n) is 2.80. The molecule has 142 valence electrons. The van der Waals surface area contributed by atoms with Gasteiger partial charge in [0.25, 0.3) is 5.56 Å². The Morgan fingerprint density at radius 2 is 1.85 bits per heavy atom. The zero-order chi connectivity index (χ0) is 19.1. The van der Waals surface area contributed by atoms with E-state index >= 15 is 0 Å². The van der Waals surface area contributed by atoms with E-state index < -0.39 is 6.10 Å². The summed E-state index contributed by atoms with van der Waals surface area (Å²) in [6.07, 6.45) is 1.17. The molecule has 26 heavy (non-hydrogen) atoms. The Labute approximate surface area is 153 Å². The lowest BCUT2D eigenvalue weighted by molar-refractivity contribution is 0.120. The predicted octanol–water partition coefficient (Wildman–Crippen LogP) is 0.421. The Morgan fingerprint density at radius 3 is 2.54 bits per heavy atom. The number of aryl methyl sites for hydroxylation is 1. The SMILES string of the molecule is CN(CCNc1cc(=O)n(C)c(=O)n1C)CC(O)CCc1ccccc1. The lowest BCUT2D eigenvalue weighted by atomic mass is 10.1. The molecule has 7 nitrogen and oxygen atoms in total. The van der Waals surface area contributed by atoms with Gasteiger partial charge in [0, 0.05) is 39.8 Å². The van der Waals surface area contributed by atoms with E-state index in [-0.39, 0.29) is 11.2 Å². The highest BCUT2D eigenvalue weighted by Crippen LogP contribution is 2.06. The molecule has 1 unspecified atom stereocenters. The first kappa shape index (κ1) is 19.9. The molecule has 0 aliphatic carbocycles. The number of benzene rings is 1. The van der Waals surface area contributed by atoms with E-state index in [2.05, 4.69) is 17.4 Å². The molecule has 2 N–H and O–H groups in total. The highest BCUT2D eigenvalue weighted by molar-refractivity contribution is 5.33. The summed E-state index contributed by atoms with van der Waals surface area (Å²) in [6.45, 7) is 1.83. The summed E-state index contributed by atoms with van der Waals surface area (Å²) < 4.78 is 2.48. The Balaban J connectivity index is 1.76. The van der Waals surface area contributed by atoms with Gasteiger partial charge in [0.2, 0.25) is 0 Å². The van der Waals surface area contributed by atoms with Crippen molar-refractivity contribution in [3.63, 3.8) is 0 Å². The summed E-state index contributed by atoms with van der Waals surface area (Å²) in [5, 5.41) is 13.3. The molecule has 0 saturated carbocycles. The Hall–Kier alpha value is -2.38. The molecule has 7 heteroatoms. The normalized spacial score (nSPS) is 12.3. The number of hydrogen-bond acceptors (Lipinski definition) is 5. The second kappa shape index (κ2) is 9.35. The third-order valence-corrected chi connectivity index (χ3v) is 4.46. The second-order valence-electron chi connectivity index (χ2n) is 6.64. The van der Waals surface area contributed by atoms with Crippen LogP contribution in [0.5, 0.6) is 0 Å². The van der Waals surface area contributed by atoms with Gasteiger partial charge in [0.1, 0.15) is 5.82 Å². The molecule has 1 heterocycles. The third-order valence-electron chi connectivity index (χ3n) is 4.46. The number of nitrogens with zero attached hydrogens (tertiary/aromatic N) is 3. The van der Waals surface area contributed by atoms with Crippen LogP contribution in [0.4, 0.5) is 5.82 Å². The van der Waals surface area contributed by atoms with Crippen LogP contribution in [0.2, 0.25) is 0 Å². The Morgan fingerprint density at radius 1 is 1.15 bits per heavy atom. The van der Waals surface area contributed by atoms with Crippen molar-refractivity contribution >= 4 is 5.82 Å². The first-order valence-corrected chi connectivity index (χ1v) is 8.80. The van der Waals surface area contributed by atoms with Gasteiger partial charge >= 0.3 is 5.69 Å². The van der Waals surface area contributed by atoms with Gasteiger partial charge in [0.05, 0.1) is 6.10 Å². The van der Waals surface area contributed by atoms with E-state index in [0.717, 1.165) is 11.0 Å². The molecule has 1 aromatic heterocycles. The number of nitrogens with one attached hydrogen (secondary N) is 1. The summed E-state index contributed by atoms with van der Waals surface area (Å²) >= 11 is 0. The molecule has 0 aliphatic heterocycles. The highest BCUT2D eigenvalue weighted by atomic mass is 16.3. The summed E-state index contributed by atoms with van der Waals surface area (Å²) in [4.78, 5) is 25.6.